The minimum atomic E-state index is 0.193. The normalized spacial score (nSPS) is 26.3. The Morgan fingerprint density at radius 3 is 2.35 bits per heavy atom. The monoisotopic (exact) mass is 319 g/mol. The van der Waals surface area contributed by atoms with Crippen LogP contribution in [0.4, 0.5) is 5.95 Å². The van der Waals surface area contributed by atoms with E-state index in [1.54, 1.807) is 12.4 Å². The zero-order valence-electron chi connectivity index (χ0n) is 13.9. The van der Waals surface area contributed by atoms with Gasteiger partial charge in [-0.25, -0.2) is 9.97 Å². The lowest BCUT2D eigenvalue weighted by atomic mass is 10.2. The molecule has 0 spiro atoms. The van der Waals surface area contributed by atoms with Crippen molar-refractivity contribution in [1.29, 1.82) is 0 Å². The molecule has 2 saturated heterocycles. The number of hydrogen-bond donors (Lipinski definition) is 0. The topological polar surface area (TPSA) is 61.8 Å². The van der Waals surface area contributed by atoms with Crippen LogP contribution in [0.1, 0.15) is 13.8 Å². The third-order valence-electron chi connectivity index (χ3n) is 4.32. The van der Waals surface area contributed by atoms with Crippen molar-refractivity contribution in [3.63, 3.8) is 0 Å². The predicted molar refractivity (Wildman–Crippen MR) is 87.3 cm³/mol. The van der Waals surface area contributed by atoms with Gasteiger partial charge in [-0.05, 0) is 19.9 Å². The SMILES string of the molecule is C[C@@H]1CN(CC(=O)N2CCN(c3ncccn3)CC2)C[C@@H](C)O1. The van der Waals surface area contributed by atoms with Crippen LogP contribution in [0.15, 0.2) is 18.5 Å². The molecule has 2 aliphatic rings. The van der Waals surface area contributed by atoms with Gasteiger partial charge >= 0.3 is 0 Å². The molecular formula is C16H25N5O2. The molecule has 3 heterocycles. The molecule has 1 aromatic heterocycles. The van der Waals surface area contributed by atoms with E-state index in [1.165, 1.54) is 0 Å². The van der Waals surface area contributed by atoms with E-state index in [9.17, 15) is 4.79 Å². The first-order valence-electron chi connectivity index (χ1n) is 8.29. The number of ether oxygens (including phenoxy) is 1. The average Bonchev–Trinajstić information content (AvgIpc) is 2.55. The van der Waals surface area contributed by atoms with Gasteiger partial charge in [-0.2, -0.15) is 0 Å². The Bertz CT molecular complexity index is 508. The minimum absolute atomic E-state index is 0.193. The predicted octanol–water partition coefficient (Wildman–Crippen LogP) is 0.234. The van der Waals surface area contributed by atoms with Crippen molar-refractivity contribution in [3.05, 3.63) is 18.5 Å². The molecule has 126 valence electrons. The Kier molecular flexibility index (Phi) is 5.07. The molecule has 7 nitrogen and oxygen atoms in total. The summed E-state index contributed by atoms with van der Waals surface area (Å²) in [5.41, 5.74) is 0. The van der Waals surface area contributed by atoms with Gasteiger partial charge in [0.15, 0.2) is 0 Å². The van der Waals surface area contributed by atoms with E-state index in [0.717, 1.165) is 45.2 Å². The summed E-state index contributed by atoms with van der Waals surface area (Å²) in [7, 11) is 0. The standard InChI is InChI=1S/C16H25N5O2/c1-13-10-19(11-14(2)23-13)12-15(22)20-6-8-21(9-7-20)16-17-4-3-5-18-16/h3-5,13-14H,6-12H2,1-2H3/t13-,14-/m1/s1. The maximum Gasteiger partial charge on any atom is 0.236 e. The molecule has 7 heteroatoms. The van der Waals surface area contributed by atoms with Crippen LogP contribution < -0.4 is 4.90 Å². The van der Waals surface area contributed by atoms with Crippen LogP contribution in [-0.2, 0) is 9.53 Å². The molecule has 0 N–H and O–H groups in total. The first kappa shape index (κ1) is 16.1. The van der Waals surface area contributed by atoms with Crippen LogP contribution in [0, 0.1) is 0 Å². The lowest BCUT2D eigenvalue weighted by Gasteiger charge is -2.38. The van der Waals surface area contributed by atoms with E-state index in [2.05, 4.69) is 33.6 Å². The van der Waals surface area contributed by atoms with Crippen molar-refractivity contribution >= 4 is 11.9 Å². The number of morpholine rings is 1. The number of carbonyl (C=O) groups is 1. The molecule has 2 aliphatic heterocycles. The van der Waals surface area contributed by atoms with Gasteiger partial charge in [-0.1, -0.05) is 0 Å². The van der Waals surface area contributed by atoms with Gasteiger partial charge in [0.2, 0.25) is 11.9 Å². The highest BCUT2D eigenvalue weighted by molar-refractivity contribution is 5.78. The summed E-state index contributed by atoms with van der Waals surface area (Å²) < 4.78 is 5.72. The summed E-state index contributed by atoms with van der Waals surface area (Å²) in [6.07, 6.45) is 3.89. The number of hydrogen-bond acceptors (Lipinski definition) is 6. The molecule has 0 radical (unpaired) electrons. The number of anilines is 1. The largest absolute Gasteiger partial charge is 0.373 e. The molecule has 0 bridgehead atoms. The van der Waals surface area contributed by atoms with Gasteiger partial charge in [0, 0.05) is 51.7 Å². The van der Waals surface area contributed by atoms with Crippen molar-refractivity contribution < 1.29 is 9.53 Å². The van der Waals surface area contributed by atoms with E-state index in [4.69, 9.17) is 4.74 Å². The Balaban J connectivity index is 1.48. The number of amides is 1. The Morgan fingerprint density at radius 2 is 1.74 bits per heavy atom. The lowest BCUT2D eigenvalue weighted by molar-refractivity contribution is -0.136. The molecule has 1 aromatic rings. The molecule has 3 rings (SSSR count). The number of aromatic nitrogens is 2. The highest BCUT2D eigenvalue weighted by atomic mass is 16.5. The molecule has 1 amide bonds. The summed E-state index contributed by atoms with van der Waals surface area (Å²) in [5.74, 6) is 0.954. The smallest absolute Gasteiger partial charge is 0.236 e. The van der Waals surface area contributed by atoms with Gasteiger partial charge in [0.1, 0.15) is 0 Å². The molecule has 0 saturated carbocycles. The van der Waals surface area contributed by atoms with Crippen LogP contribution >= 0.6 is 0 Å². The second-order valence-electron chi connectivity index (χ2n) is 6.37. The zero-order chi connectivity index (χ0) is 16.2. The van der Waals surface area contributed by atoms with Crippen LogP contribution in [0.25, 0.3) is 0 Å². The number of nitrogens with zero attached hydrogens (tertiary/aromatic N) is 5. The summed E-state index contributed by atoms with van der Waals surface area (Å²) in [5, 5.41) is 0. The van der Waals surface area contributed by atoms with E-state index in [-0.39, 0.29) is 18.1 Å². The fraction of sp³-hybridized carbons (Fsp3) is 0.688. The summed E-state index contributed by atoms with van der Waals surface area (Å²) in [4.78, 5) is 27.3. The van der Waals surface area contributed by atoms with Gasteiger partial charge in [0.25, 0.3) is 0 Å². The molecular weight excluding hydrogens is 294 g/mol. The second kappa shape index (κ2) is 7.23. The quantitative estimate of drug-likeness (QED) is 0.795. The van der Waals surface area contributed by atoms with Crippen molar-refractivity contribution in [2.24, 2.45) is 0 Å². The van der Waals surface area contributed by atoms with Gasteiger partial charge in [-0.3, -0.25) is 9.69 Å². The zero-order valence-corrected chi connectivity index (χ0v) is 13.9. The van der Waals surface area contributed by atoms with E-state index >= 15 is 0 Å². The van der Waals surface area contributed by atoms with Crippen molar-refractivity contribution in [3.8, 4) is 0 Å². The Morgan fingerprint density at radius 1 is 1.13 bits per heavy atom. The first-order valence-corrected chi connectivity index (χ1v) is 8.29. The Labute approximate surface area is 137 Å². The summed E-state index contributed by atoms with van der Waals surface area (Å²) >= 11 is 0. The van der Waals surface area contributed by atoms with E-state index in [0.29, 0.717) is 6.54 Å². The van der Waals surface area contributed by atoms with Gasteiger partial charge in [-0.15, -0.1) is 0 Å². The number of piperazine rings is 1. The van der Waals surface area contributed by atoms with Crippen molar-refractivity contribution in [2.45, 2.75) is 26.1 Å². The molecule has 0 unspecified atom stereocenters. The fourth-order valence-electron chi connectivity index (χ4n) is 3.32. The first-order chi connectivity index (χ1) is 11.1. The maximum absolute atomic E-state index is 12.5. The molecule has 0 aromatic carbocycles. The minimum Gasteiger partial charge on any atom is -0.373 e. The maximum atomic E-state index is 12.5. The third kappa shape index (κ3) is 4.17. The Hall–Kier alpha value is -1.73. The van der Waals surface area contributed by atoms with Gasteiger partial charge in [0.05, 0.1) is 18.8 Å². The molecule has 2 atom stereocenters. The van der Waals surface area contributed by atoms with Crippen LogP contribution in [-0.4, -0.2) is 83.7 Å². The number of carbonyl (C=O) groups excluding carboxylic acids is 1. The summed E-state index contributed by atoms with van der Waals surface area (Å²) in [6, 6.07) is 1.81. The average molecular weight is 319 g/mol. The van der Waals surface area contributed by atoms with Crippen LogP contribution in [0.5, 0.6) is 0 Å². The van der Waals surface area contributed by atoms with Crippen molar-refractivity contribution in [2.75, 3.05) is 50.7 Å². The van der Waals surface area contributed by atoms with E-state index < -0.39 is 0 Å². The molecule has 23 heavy (non-hydrogen) atoms. The van der Waals surface area contributed by atoms with Crippen LogP contribution in [0.2, 0.25) is 0 Å². The van der Waals surface area contributed by atoms with Crippen molar-refractivity contribution in [1.82, 2.24) is 19.8 Å². The van der Waals surface area contributed by atoms with Crippen LogP contribution in [0.3, 0.4) is 0 Å². The third-order valence-corrected chi connectivity index (χ3v) is 4.32. The van der Waals surface area contributed by atoms with E-state index in [1.807, 2.05) is 11.0 Å². The number of rotatable bonds is 3. The fourth-order valence-corrected chi connectivity index (χ4v) is 3.32. The molecule has 0 aliphatic carbocycles. The summed E-state index contributed by atoms with van der Waals surface area (Å²) in [6.45, 7) is 9.29. The van der Waals surface area contributed by atoms with Gasteiger partial charge < -0.3 is 14.5 Å². The second-order valence-corrected chi connectivity index (χ2v) is 6.37. The molecule has 2 fully saturated rings. The lowest BCUT2D eigenvalue weighted by Crippen LogP contribution is -2.54. The highest BCUT2D eigenvalue weighted by Gasteiger charge is 2.27. The highest BCUT2D eigenvalue weighted by Crippen LogP contribution is 2.13.